The predicted octanol–water partition coefficient (Wildman–Crippen LogP) is 4.75. The molecule has 2 aliphatic rings. The van der Waals surface area contributed by atoms with Crippen molar-refractivity contribution >= 4 is 21.7 Å². The summed E-state index contributed by atoms with van der Waals surface area (Å²) in [5.74, 6) is 1.16. The van der Waals surface area contributed by atoms with Crippen molar-refractivity contribution in [1.82, 2.24) is 0 Å². The molecule has 1 atom stereocenters. The molecule has 0 saturated carbocycles. The van der Waals surface area contributed by atoms with Gasteiger partial charge in [0.2, 0.25) is 0 Å². The number of hydrogen-bond donors (Lipinski definition) is 0. The van der Waals surface area contributed by atoms with Crippen molar-refractivity contribution in [2.24, 2.45) is 0 Å². The van der Waals surface area contributed by atoms with Crippen LogP contribution in [0.3, 0.4) is 0 Å². The first-order valence-electron chi connectivity index (χ1n) is 8.86. The van der Waals surface area contributed by atoms with Crippen LogP contribution in [0.25, 0.3) is 21.7 Å². The maximum Gasteiger partial charge on any atom is 0.344 e. The summed E-state index contributed by atoms with van der Waals surface area (Å²) < 4.78 is 17.5. The number of hydrogen-bond acceptors (Lipinski definition) is 4. The van der Waals surface area contributed by atoms with Gasteiger partial charge in [0.05, 0.1) is 23.1 Å². The van der Waals surface area contributed by atoms with Gasteiger partial charge in [0.1, 0.15) is 23.7 Å². The molecule has 1 unspecified atom stereocenters. The van der Waals surface area contributed by atoms with Crippen molar-refractivity contribution in [3.05, 3.63) is 94.0 Å². The van der Waals surface area contributed by atoms with Crippen LogP contribution in [-0.4, -0.2) is 6.61 Å². The second-order valence-electron chi connectivity index (χ2n) is 6.90. The summed E-state index contributed by atoms with van der Waals surface area (Å²) in [6.07, 6.45) is 1.72. The Kier molecular flexibility index (Phi) is 2.84. The average Bonchev–Trinajstić information content (AvgIpc) is 2.71. The van der Waals surface area contributed by atoms with E-state index in [1.807, 2.05) is 36.4 Å². The molecule has 0 saturated heterocycles. The third kappa shape index (κ3) is 2.01. The van der Waals surface area contributed by atoms with Crippen LogP contribution in [0.15, 0.2) is 81.7 Å². The van der Waals surface area contributed by atoms with Gasteiger partial charge in [0.15, 0.2) is 0 Å². The second-order valence-corrected chi connectivity index (χ2v) is 6.90. The van der Waals surface area contributed by atoms with Crippen molar-refractivity contribution in [3.63, 3.8) is 0 Å². The molecular formula is C23H14O4. The first-order valence-corrected chi connectivity index (χ1v) is 8.86. The van der Waals surface area contributed by atoms with Crippen molar-refractivity contribution in [2.75, 3.05) is 6.61 Å². The lowest BCUT2D eigenvalue weighted by Gasteiger charge is -2.32. The Morgan fingerprint density at radius 3 is 2.59 bits per heavy atom. The Morgan fingerprint density at radius 2 is 1.70 bits per heavy atom. The van der Waals surface area contributed by atoms with Crippen molar-refractivity contribution in [3.8, 4) is 11.5 Å². The Hall–Kier alpha value is -3.53. The maximum atomic E-state index is 12.9. The van der Waals surface area contributed by atoms with Gasteiger partial charge in [-0.05, 0) is 35.0 Å². The minimum absolute atomic E-state index is 0.219. The molecule has 4 heteroatoms. The maximum absolute atomic E-state index is 12.9. The van der Waals surface area contributed by atoms with Crippen LogP contribution in [0.5, 0.6) is 11.5 Å². The Bertz CT molecular complexity index is 1330. The molecule has 0 bridgehead atoms. The molecule has 2 aliphatic heterocycles. The van der Waals surface area contributed by atoms with Gasteiger partial charge in [-0.1, -0.05) is 36.4 Å². The Morgan fingerprint density at radius 1 is 0.926 bits per heavy atom. The minimum Gasteiger partial charge on any atom is -0.489 e. The predicted molar refractivity (Wildman–Crippen MR) is 102 cm³/mol. The summed E-state index contributed by atoms with van der Waals surface area (Å²) in [5.41, 5.74) is 2.61. The first kappa shape index (κ1) is 14.6. The molecular weight excluding hydrogens is 340 g/mol. The van der Waals surface area contributed by atoms with Crippen molar-refractivity contribution in [2.45, 2.75) is 5.92 Å². The lowest BCUT2D eigenvalue weighted by atomic mass is 9.81. The molecule has 1 aromatic heterocycles. The van der Waals surface area contributed by atoms with E-state index in [4.69, 9.17) is 13.9 Å². The quantitative estimate of drug-likeness (QED) is 0.428. The fourth-order valence-electron chi connectivity index (χ4n) is 4.12. The molecule has 130 valence electrons. The lowest BCUT2D eigenvalue weighted by Crippen LogP contribution is -2.27. The van der Waals surface area contributed by atoms with E-state index in [1.54, 1.807) is 12.3 Å². The zero-order valence-electron chi connectivity index (χ0n) is 14.3. The summed E-state index contributed by atoms with van der Waals surface area (Å²) in [6.45, 7) is 0.391. The molecule has 0 radical (unpaired) electrons. The van der Waals surface area contributed by atoms with Gasteiger partial charge in [-0.3, -0.25) is 0 Å². The van der Waals surface area contributed by atoms with Gasteiger partial charge >= 0.3 is 5.63 Å². The third-order valence-corrected chi connectivity index (χ3v) is 5.37. The van der Waals surface area contributed by atoms with E-state index in [9.17, 15) is 4.79 Å². The molecule has 3 aromatic carbocycles. The summed E-state index contributed by atoms with van der Waals surface area (Å²) in [5, 5.41) is 3.03. The van der Waals surface area contributed by atoms with Gasteiger partial charge in [-0.15, -0.1) is 0 Å². The number of benzene rings is 3. The van der Waals surface area contributed by atoms with E-state index < -0.39 is 0 Å². The lowest BCUT2D eigenvalue weighted by molar-refractivity contribution is 0.307. The van der Waals surface area contributed by atoms with Crippen LogP contribution in [0.2, 0.25) is 0 Å². The van der Waals surface area contributed by atoms with E-state index >= 15 is 0 Å². The molecule has 0 aliphatic carbocycles. The third-order valence-electron chi connectivity index (χ3n) is 5.37. The van der Waals surface area contributed by atoms with E-state index in [0.717, 1.165) is 33.0 Å². The Labute approximate surface area is 154 Å². The smallest absolute Gasteiger partial charge is 0.344 e. The van der Waals surface area contributed by atoms with Crippen LogP contribution >= 0.6 is 0 Å². The highest BCUT2D eigenvalue weighted by molar-refractivity contribution is 5.88. The van der Waals surface area contributed by atoms with E-state index in [0.29, 0.717) is 23.5 Å². The number of para-hydroxylation sites is 1. The van der Waals surface area contributed by atoms with Gasteiger partial charge in [0.25, 0.3) is 0 Å². The molecule has 0 spiro atoms. The monoisotopic (exact) mass is 354 g/mol. The molecule has 3 heterocycles. The fraction of sp³-hybridized carbons (Fsp3) is 0.0870. The van der Waals surface area contributed by atoms with Crippen LogP contribution < -0.4 is 15.1 Å². The van der Waals surface area contributed by atoms with E-state index in [-0.39, 0.29) is 11.5 Å². The second kappa shape index (κ2) is 5.24. The molecule has 0 amide bonds. The topological polar surface area (TPSA) is 48.7 Å². The summed E-state index contributed by atoms with van der Waals surface area (Å²) in [4.78, 5) is 12.9. The fourth-order valence-corrected chi connectivity index (χ4v) is 4.12. The molecule has 6 rings (SSSR count). The van der Waals surface area contributed by atoms with Gasteiger partial charge in [-0.2, -0.15) is 0 Å². The first-order chi connectivity index (χ1) is 13.3. The van der Waals surface area contributed by atoms with Gasteiger partial charge in [-0.25, -0.2) is 4.79 Å². The highest BCUT2D eigenvalue weighted by atomic mass is 16.5. The zero-order valence-corrected chi connectivity index (χ0v) is 14.3. The van der Waals surface area contributed by atoms with Crippen LogP contribution in [-0.2, 0) is 0 Å². The molecule has 4 nitrogen and oxygen atoms in total. The summed E-state index contributed by atoms with van der Waals surface area (Å²) >= 11 is 0. The minimum atomic E-state index is -0.361. The van der Waals surface area contributed by atoms with E-state index in [1.165, 1.54) is 0 Å². The van der Waals surface area contributed by atoms with Crippen molar-refractivity contribution < 1.29 is 13.9 Å². The summed E-state index contributed by atoms with van der Waals surface area (Å²) in [6, 6.07) is 19.7. The average molecular weight is 354 g/mol. The number of rotatable bonds is 0. The van der Waals surface area contributed by atoms with Gasteiger partial charge < -0.3 is 13.9 Å². The Balaban J connectivity index is 1.68. The molecule has 4 aromatic rings. The SMILES string of the molecule is O=c1oc2ccccc2c2c1C1C(=CO2)COc2cc3ccccc3cc21. The molecule has 27 heavy (non-hydrogen) atoms. The van der Waals surface area contributed by atoms with E-state index in [2.05, 4.69) is 18.2 Å². The normalized spacial score (nSPS) is 17.3. The highest BCUT2D eigenvalue weighted by Crippen LogP contribution is 2.48. The zero-order chi connectivity index (χ0) is 18.0. The standard InChI is InChI=1S/C23H14O4/c24-23-21-20-15(12-26-22(21)16-7-3-4-8-18(16)27-23)11-25-19-10-14-6-2-1-5-13(14)9-17(19)20/h1-10,12,20H,11H2. The highest BCUT2D eigenvalue weighted by Gasteiger charge is 2.36. The number of fused-ring (bicyclic) bond motifs is 8. The van der Waals surface area contributed by atoms with Crippen LogP contribution in [0, 0.1) is 0 Å². The van der Waals surface area contributed by atoms with Crippen LogP contribution in [0.1, 0.15) is 17.0 Å². The van der Waals surface area contributed by atoms with Gasteiger partial charge in [0, 0.05) is 11.1 Å². The van der Waals surface area contributed by atoms with Crippen molar-refractivity contribution in [1.29, 1.82) is 0 Å². The number of ether oxygens (including phenoxy) is 2. The molecule has 0 fully saturated rings. The van der Waals surface area contributed by atoms with Crippen LogP contribution in [0.4, 0.5) is 0 Å². The largest absolute Gasteiger partial charge is 0.489 e. The summed E-state index contributed by atoms with van der Waals surface area (Å²) in [7, 11) is 0. The molecule has 0 N–H and O–H groups in total.